The third kappa shape index (κ3) is 4.81. The molecule has 0 aromatic carbocycles. The topological polar surface area (TPSA) is 127 Å². The zero-order valence-corrected chi connectivity index (χ0v) is 13.8. The van der Waals surface area contributed by atoms with Crippen molar-refractivity contribution < 1.29 is 23.2 Å². The molecular formula is C9H11ClN2O6S3. The molecule has 1 rings (SSSR count). The molecule has 0 bridgehead atoms. The van der Waals surface area contributed by atoms with Gasteiger partial charge in [-0.25, -0.2) is 8.42 Å². The molecule has 1 aromatic heterocycles. The zero-order chi connectivity index (χ0) is 16.2. The summed E-state index contributed by atoms with van der Waals surface area (Å²) in [6.45, 7) is 0. The fraction of sp³-hybridized carbons (Fsp3) is 0.444. The van der Waals surface area contributed by atoms with Gasteiger partial charge in [-0.15, -0.1) is 11.3 Å². The van der Waals surface area contributed by atoms with Crippen LogP contribution in [0, 0.1) is 10.1 Å². The van der Waals surface area contributed by atoms with Crippen LogP contribution < -0.4 is 4.72 Å². The van der Waals surface area contributed by atoms with Gasteiger partial charge >= 0.3 is 5.97 Å². The first-order valence-electron chi connectivity index (χ1n) is 5.37. The van der Waals surface area contributed by atoms with Crippen molar-refractivity contribution in [2.75, 3.05) is 12.0 Å². The van der Waals surface area contributed by atoms with E-state index in [1.807, 2.05) is 4.72 Å². The number of hydrogen-bond acceptors (Lipinski definition) is 7. The number of sulfonamides is 1. The van der Waals surface area contributed by atoms with E-state index in [1.54, 1.807) is 6.26 Å². The second kappa shape index (κ2) is 7.40. The smallest absolute Gasteiger partial charge is 0.321 e. The molecule has 0 saturated heterocycles. The average molecular weight is 375 g/mol. The Bertz CT molecular complexity index is 644. The van der Waals surface area contributed by atoms with Crippen molar-refractivity contribution in [3.63, 3.8) is 0 Å². The van der Waals surface area contributed by atoms with Crippen LogP contribution in [-0.4, -0.2) is 42.5 Å². The Balaban J connectivity index is 3.02. The Morgan fingerprint density at radius 2 is 2.29 bits per heavy atom. The van der Waals surface area contributed by atoms with Crippen LogP contribution >= 0.6 is 34.7 Å². The van der Waals surface area contributed by atoms with Crippen LogP contribution in [0.15, 0.2) is 10.3 Å². The highest BCUT2D eigenvalue weighted by Gasteiger charge is 2.29. The van der Waals surface area contributed by atoms with E-state index < -0.39 is 36.9 Å². The van der Waals surface area contributed by atoms with E-state index in [2.05, 4.69) is 0 Å². The number of halogens is 1. The van der Waals surface area contributed by atoms with Crippen molar-refractivity contribution in [2.45, 2.75) is 16.7 Å². The predicted molar refractivity (Wildman–Crippen MR) is 80.7 cm³/mol. The van der Waals surface area contributed by atoms with Crippen LogP contribution in [0.25, 0.3) is 0 Å². The van der Waals surface area contributed by atoms with Crippen molar-refractivity contribution in [3.05, 3.63) is 20.5 Å². The number of nitro groups is 1. The van der Waals surface area contributed by atoms with Gasteiger partial charge in [0.2, 0.25) is 0 Å². The Hall–Kier alpha value is -0.880. The molecule has 2 N–H and O–H groups in total. The number of thioether (sulfide) groups is 1. The normalized spacial score (nSPS) is 13.0. The lowest BCUT2D eigenvalue weighted by Crippen LogP contribution is -2.40. The van der Waals surface area contributed by atoms with Gasteiger partial charge in [0, 0.05) is 6.07 Å². The molecular weight excluding hydrogens is 364 g/mol. The van der Waals surface area contributed by atoms with Crippen LogP contribution in [0.4, 0.5) is 5.69 Å². The monoisotopic (exact) mass is 374 g/mol. The quantitative estimate of drug-likeness (QED) is 0.524. The first-order chi connectivity index (χ1) is 9.69. The molecule has 1 heterocycles. The molecule has 0 unspecified atom stereocenters. The highest BCUT2D eigenvalue weighted by molar-refractivity contribution is 7.98. The minimum atomic E-state index is -4.18. The van der Waals surface area contributed by atoms with Gasteiger partial charge in [-0.05, 0) is 18.4 Å². The first kappa shape index (κ1) is 18.2. The second-order valence-corrected chi connectivity index (χ2v) is 8.36. The molecule has 0 amide bonds. The number of carboxylic acids is 1. The summed E-state index contributed by atoms with van der Waals surface area (Å²) in [5, 5.41) is 19.6. The summed E-state index contributed by atoms with van der Waals surface area (Å²) in [6.07, 6.45) is 1.85. The van der Waals surface area contributed by atoms with Crippen molar-refractivity contribution in [2.24, 2.45) is 0 Å². The summed E-state index contributed by atoms with van der Waals surface area (Å²) in [5.41, 5.74) is -0.530. The van der Waals surface area contributed by atoms with Gasteiger partial charge in [0.1, 0.15) is 10.3 Å². The Morgan fingerprint density at radius 1 is 1.67 bits per heavy atom. The van der Waals surface area contributed by atoms with Crippen LogP contribution in [0.5, 0.6) is 0 Å². The van der Waals surface area contributed by atoms with Crippen LogP contribution in [0.2, 0.25) is 4.34 Å². The minimum Gasteiger partial charge on any atom is -0.480 e. The molecule has 1 aromatic rings. The largest absolute Gasteiger partial charge is 0.480 e. The lowest BCUT2D eigenvalue weighted by atomic mass is 10.2. The van der Waals surface area contributed by atoms with E-state index in [9.17, 15) is 23.3 Å². The molecule has 0 aliphatic carbocycles. The summed E-state index contributed by atoms with van der Waals surface area (Å²) < 4.78 is 25.4. The van der Waals surface area contributed by atoms with E-state index in [0.717, 1.165) is 6.07 Å². The SMILES string of the molecule is CSCC[C@H](NS(=O)(=O)c1cc([N+](=O)[O-])c(Cl)s1)C(=O)O. The number of nitrogens with zero attached hydrogens (tertiary/aromatic N) is 1. The van der Waals surface area contributed by atoms with Gasteiger partial charge < -0.3 is 5.11 Å². The van der Waals surface area contributed by atoms with Gasteiger partial charge in [0.25, 0.3) is 15.7 Å². The molecule has 118 valence electrons. The summed E-state index contributed by atoms with van der Waals surface area (Å²) in [7, 11) is -4.18. The molecule has 12 heteroatoms. The fourth-order valence-electron chi connectivity index (χ4n) is 1.31. The minimum absolute atomic E-state index is 0.0942. The zero-order valence-electron chi connectivity index (χ0n) is 10.6. The number of rotatable bonds is 8. The maximum absolute atomic E-state index is 12.0. The van der Waals surface area contributed by atoms with E-state index in [0.29, 0.717) is 17.1 Å². The van der Waals surface area contributed by atoms with Gasteiger partial charge in [0.15, 0.2) is 4.34 Å². The number of aliphatic carboxylic acids is 1. The van der Waals surface area contributed by atoms with Crippen LogP contribution in [-0.2, 0) is 14.8 Å². The Labute approximate surface area is 133 Å². The maximum atomic E-state index is 12.0. The summed E-state index contributed by atoms with van der Waals surface area (Å²) in [6, 6.07) is -0.495. The number of nitrogens with one attached hydrogen (secondary N) is 1. The lowest BCUT2D eigenvalue weighted by Gasteiger charge is -2.13. The van der Waals surface area contributed by atoms with Gasteiger partial charge in [-0.2, -0.15) is 16.5 Å². The van der Waals surface area contributed by atoms with E-state index in [4.69, 9.17) is 16.7 Å². The molecule has 21 heavy (non-hydrogen) atoms. The first-order valence-corrected chi connectivity index (χ1v) is 9.44. The van der Waals surface area contributed by atoms with E-state index >= 15 is 0 Å². The van der Waals surface area contributed by atoms with Gasteiger partial charge in [-0.3, -0.25) is 14.9 Å². The number of thiophene rings is 1. The number of carboxylic acid groups (broad SMARTS) is 1. The molecule has 1 atom stereocenters. The summed E-state index contributed by atoms with van der Waals surface area (Å²) in [4.78, 5) is 20.9. The Morgan fingerprint density at radius 3 is 2.71 bits per heavy atom. The predicted octanol–water partition coefficient (Wildman–Crippen LogP) is 1.79. The molecule has 0 spiro atoms. The molecule has 8 nitrogen and oxygen atoms in total. The van der Waals surface area contributed by atoms with Crippen molar-refractivity contribution in [1.29, 1.82) is 0 Å². The standard InChI is InChI=1S/C9H11ClN2O6S3/c1-19-3-2-5(9(13)14)11-21(17,18)7-4-6(12(15)16)8(10)20-7/h4-5,11H,2-3H2,1H3,(H,13,14)/t5-/m0/s1. The van der Waals surface area contributed by atoms with E-state index in [1.165, 1.54) is 11.8 Å². The third-order valence-corrected chi connectivity index (χ3v) is 6.24. The third-order valence-electron chi connectivity index (χ3n) is 2.31. The van der Waals surface area contributed by atoms with Crippen LogP contribution in [0.1, 0.15) is 6.42 Å². The molecule has 0 saturated carbocycles. The fourth-order valence-corrected chi connectivity index (χ4v) is 4.69. The maximum Gasteiger partial charge on any atom is 0.321 e. The average Bonchev–Trinajstić information content (AvgIpc) is 2.77. The second-order valence-electron chi connectivity index (χ2n) is 3.78. The highest BCUT2D eigenvalue weighted by atomic mass is 35.5. The molecule has 0 aliphatic heterocycles. The highest BCUT2D eigenvalue weighted by Crippen LogP contribution is 2.36. The van der Waals surface area contributed by atoms with Gasteiger partial charge in [-0.1, -0.05) is 11.6 Å². The van der Waals surface area contributed by atoms with Crippen molar-refractivity contribution in [3.8, 4) is 0 Å². The number of hydrogen-bond donors (Lipinski definition) is 2. The van der Waals surface area contributed by atoms with Crippen LogP contribution in [0.3, 0.4) is 0 Å². The summed E-state index contributed by atoms with van der Waals surface area (Å²) >= 11 is 7.47. The summed E-state index contributed by atoms with van der Waals surface area (Å²) in [5.74, 6) is -0.866. The Kier molecular flexibility index (Phi) is 6.41. The number of carbonyl (C=O) groups is 1. The van der Waals surface area contributed by atoms with E-state index in [-0.39, 0.29) is 10.8 Å². The van der Waals surface area contributed by atoms with Gasteiger partial charge in [0.05, 0.1) is 4.92 Å². The lowest BCUT2D eigenvalue weighted by molar-refractivity contribution is -0.384. The molecule has 0 aliphatic rings. The van der Waals surface area contributed by atoms with Crippen molar-refractivity contribution >= 4 is 56.4 Å². The molecule has 0 fully saturated rings. The molecule has 0 radical (unpaired) electrons. The van der Waals surface area contributed by atoms with Crippen molar-refractivity contribution in [1.82, 2.24) is 4.72 Å².